The van der Waals surface area contributed by atoms with Gasteiger partial charge in [0, 0.05) is 19.0 Å². The van der Waals surface area contributed by atoms with Gasteiger partial charge in [0.25, 0.3) is 0 Å². The van der Waals surface area contributed by atoms with Crippen molar-refractivity contribution in [1.29, 1.82) is 0 Å². The van der Waals surface area contributed by atoms with E-state index in [0.717, 1.165) is 25.5 Å². The largest absolute Gasteiger partial charge is 0.465 e. The molecule has 74 valence electrons. The van der Waals surface area contributed by atoms with Crippen LogP contribution in [0.15, 0.2) is 0 Å². The maximum absolute atomic E-state index is 10.8. The Morgan fingerprint density at radius 2 is 2.31 bits per heavy atom. The molecule has 0 aliphatic carbocycles. The molecule has 0 bridgehead atoms. The molecule has 1 aliphatic rings. The lowest BCUT2D eigenvalue weighted by Gasteiger charge is -2.33. The number of rotatable bonds is 3. The fraction of sp³-hybridized carbons (Fsp3) is 0.778. The number of likely N-dealkylation sites (tertiary alicyclic amines) is 1. The molecular formula is C9H15NO3. The Bertz CT molecular complexity index is 193. The van der Waals surface area contributed by atoms with Crippen LogP contribution in [0.5, 0.6) is 0 Å². The molecular weight excluding hydrogens is 170 g/mol. The van der Waals surface area contributed by atoms with Crippen LogP contribution < -0.4 is 0 Å². The maximum atomic E-state index is 10.8. The molecule has 1 rings (SSSR count). The lowest BCUT2D eigenvalue weighted by atomic mass is 9.99. The molecule has 0 radical (unpaired) electrons. The number of carboxylic acid groups (broad SMARTS) is 1. The SMILES string of the molecule is O=CCCC1CCCCN1C(=O)O. The van der Waals surface area contributed by atoms with Gasteiger partial charge in [-0.15, -0.1) is 0 Å². The van der Waals surface area contributed by atoms with Crippen LogP contribution in [0, 0.1) is 0 Å². The van der Waals surface area contributed by atoms with Gasteiger partial charge in [-0.1, -0.05) is 0 Å². The van der Waals surface area contributed by atoms with Crippen LogP contribution in [0.3, 0.4) is 0 Å². The molecule has 13 heavy (non-hydrogen) atoms. The molecule has 1 unspecified atom stereocenters. The van der Waals surface area contributed by atoms with Crippen molar-refractivity contribution >= 4 is 12.4 Å². The van der Waals surface area contributed by atoms with Crippen LogP contribution in [-0.4, -0.2) is 35.0 Å². The van der Waals surface area contributed by atoms with Crippen molar-refractivity contribution in [3.05, 3.63) is 0 Å². The molecule has 4 heteroatoms. The number of carbonyl (C=O) groups excluding carboxylic acids is 1. The molecule has 1 N–H and O–H groups in total. The number of piperidine rings is 1. The molecule has 1 aliphatic heterocycles. The van der Waals surface area contributed by atoms with E-state index in [2.05, 4.69) is 0 Å². The average molecular weight is 185 g/mol. The Hall–Kier alpha value is -1.06. The Morgan fingerprint density at radius 3 is 2.92 bits per heavy atom. The molecule has 0 aromatic heterocycles. The maximum Gasteiger partial charge on any atom is 0.407 e. The highest BCUT2D eigenvalue weighted by Gasteiger charge is 2.25. The summed E-state index contributed by atoms with van der Waals surface area (Å²) in [5, 5.41) is 8.85. The van der Waals surface area contributed by atoms with E-state index in [-0.39, 0.29) is 6.04 Å². The van der Waals surface area contributed by atoms with E-state index in [9.17, 15) is 9.59 Å². The summed E-state index contributed by atoms with van der Waals surface area (Å²) in [5.41, 5.74) is 0. The predicted molar refractivity (Wildman–Crippen MR) is 47.7 cm³/mol. The zero-order valence-electron chi connectivity index (χ0n) is 7.61. The molecule has 1 atom stereocenters. The zero-order valence-corrected chi connectivity index (χ0v) is 7.61. The normalized spacial score (nSPS) is 22.8. The van der Waals surface area contributed by atoms with Gasteiger partial charge in [0.1, 0.15) is 6.29 Å². The van der Waals surface area contributed by atoms with Crippen LogP contribution >= 0.6 is 0 Å². The average Bonchev–Trinajstić information content (AvgIpc) is 2.15. The fourth-order valence-electron chi connectivity index (χ4n) is 1.81. The monoisotopic (exact) mass is 185 g/mol. The summed E-state index contributed by atoms with van der Waals surface area (Å²) in [7, 11) is 0. The molecule has 1 fully saturated rings. The number of nitrogens with zero attached hydrogens (tertiary/aromatic N) is 1. The quantitative estimate of drug-likeness (QED) is 0.678. The highest BCUT2D eigenvalue weighted by molar-refractivity contribution is 5.65. The number of hydrogen-bond acceptors (Lipinski definition) is 2. The highest BCUT2D eigenvalue weighted by Crippen LogP contribution is 2.20. The second-order valence-corrected chi connectivity index (χ2v) is 3.37. The van der Waals surface area contributed by atoms with Gasteiger partial charge in [0.2, 0.25) is 0 Å². The van der Waals surface area contributed by atoms with Crippen molar-refractivity contribution in [2.45, 2.75) is 38.1 Å². The van der Waals surface area contributed by atoms with Crippen molar-refractivity contribution in [1.82, 2.24) is 4.90 Å². The fourth-order valence-corrected chi connectivity index (χ4v) is 1.81. The summed E-state index contributed by atoms with van der Waals surface area (Å²) < 4.78 is 0. The van der Waals surface area contributed by atoms with E-state index >= 15 is 0 Å². The summed E-state index contributed by atoms with van der Waals surface area (Å²) >= 11 is 0. The summed E-state index contributed by atoms with van der Waals surface area (Å²) in [4.78, 5) is 22.4. The Labute approximate surface area is 77.5 Å². The smallest absolute Gasteiger partial charge is 0.407 e. The van der Waals surface area contributed by atoms with E-state index in [0.29, 0.717) is 19.4 Å². The molecule has 0 saturated carbocycles. The van der Waals surface area contributed by atoms with Gasteiger partial charge in [-0.05, 0) is 25.7 Å². The topological polar surface area (TPSA) is 57.6 Å². The van der Waals surface area contributed by atoms with Crippen molar-refractivity contribution < 1.29 is 14.7 Å². The van der Waals surface area contributed by atoms with Gasteiger partial charge >= 0.3 is 6.09 Å². The van der Waals surface area contributed by atoms with Crippen LogP contribution in [-0.2, 0) is 4.79 Å². The van der Waals surface area contributed by atoms with Gasteiger partial charge in [-0.25, -0.2) is 4.79 Å². The molecule has 1 heterocycles. The Morgan fingerprint density at radius 1 is 1.54 bits per heavy atom. The first kappa shape index (κ1) is 10.0. The molecule has 0 aromatic rings. The minimum absolute atomic E-state index is 0.0662. The van der Waals surface area contributed by atoms with E-state index in [1.165, 1.54) is 4.90 Å². The summed E-state index contributed by atoms with van der Waals surface area (Å²) in [6, 6.07) is 0.0662. The van der Waals surface area contributed by atoms with Gasteiger partial charge in [0.05, 0.1) is 0 Å². The van der Waals surface area contributed by atoms with Crippen LogP contribution in [0.4, 0.5) is 4.79 Å². The second-order valence-electron chi connectivity index (χ2n) is 3.37. The first-order valence-electron chi connectivity index (χ1n) is 4.69. The van der Waals surface area contributed by atoms with E-state index in [4.69, 9.17) is 5.11 Å². The van der Waals surface area contributed by atoms with Crippen molar-refractivity contribution in [3.63, 3.8) is 0 Å². The van der Waals surface area contributed by atoms with Gasteiger partial charge in [-0.3, -0.25) is 0 Å². The molecule has 0 aromatic carbocycles. The Balaban J connectivity index is 2.46. The van der Waals surface area contributed by atoms with Crippen molar-refractivity contribution in [3.8, 4) is 0 Å². The summed E-state index contributed by atoms with van der Waals surface area (Å²) in [6.45, 7) is 0.624. The highest BCUT2D eigenvalue weighted by atomic mass is 16.4. The van der Waals surface area contributed by atoms with Gasteiger partial charge in [0.15, 0.2) is 0 Å². The second kappa shape index (κ2) is 4.84. The third-order valence-electron chi connectivity index (χ3n) is 2.49. The molecule has 4 nitrogen and oxygen atoms in total. The minimum Gasteiger partial charge on any atom is -0.465 e. The number of hydrogen-bond donors (Lipinski definition) is 1. The first-order valence-corrected chi connectivity index (χ1v) is 4.69. The summed E-state index contributed by atoms with van der Waals surface area (Å²) in [5.74, 6) is 0. The zero-order chi connectivity index (χ0) is 9.68. The lowest BCUT2D eigenvalue weighted by Crippen LogP contribution is -2.42. The molecule has 1 amide bonds. The van der Waals surface area contributed by atoms with Crippen molar-refractivity contribution in [2.75, 3.05) is 6.54 Å². The van der Waals surface area contributed by atoms with Gasteiger partial charge < -0.3 is 14.8 Å². The van der Waals surface area contributed by atoms with E-state index in [1.807, 2.05) is 0 Å². The van der Waals surface area contributed by atoms with Gasteiger partial charge in [-0.2, -0.15) is 0 Å². The Kier molecular flexibility index (Phi) is 3.73. The standard InChI is InChI=1S/C9H15NO3/c11-7-3-5-8-4-1-2-6-10(8)9(12)13/h7-8H,1-6H2,(H,12,13). The molecule has 1 saturated heterocycles. The first-order chi connectivity index (χ1) is 6.25. The summed E-state index contributed by atoms with van der Waals surface area (Å²) in [6.07, 6.45) is 4.08. The predicted octanol–water partition coefficient (Wildman–Crippen LogP) is 1.50. The minimum atomic E-state index is -0.851. The lowest BCUT2D eigenvalue weighted by molar-refractivity contribution is -0.108. The van der Waals surface area contributed by atoms with Crippen LogP contribution in [0.1, 0.15) is 32.1 Å². The third-order valence-corrected chi connectivity index (χ3v) is 2.49. The van der Waals surface area contributed by atoms with Crippen molar-refractivity contribution in [2.24, 2.45) is 0 Å². The van der Waals surface area contributed by atoms with Crippen LogP contribution in [0.2, 0.25) is 0 Å². The van der Waals surface area contributed by atoms with Crippen LogP contribution in [0.25, 0.3) is 0 Å². The number of aldehydes is 1. The number of carbonyl (C=O) groups is 2. The van der Waals surface area contributed by atoms with E-state index in [1.54, 1.807) is 0 Å². The number of amides is 1. The molecule has 0 spiro atoms. The third kappa shape index (κ3) is 2.72. The van der Waals surface area contributed by atoms with E-state index < -0.39 is 6.09 Å².